The first-order valence-corrected chi connectivity index (χ1v) is 27.4. The van der Waals surface area contributed by atoms with E-state index in [2.05, 4.69) is 26.0 Å². The van der Waals surface area contributed by atoms with Gasteiger partial charge in [-0.2, -0.15) is 0 Å². The van der Waals surface area contributed by atoms with Crippen LogP contribution in [0.4, 0.5) is 0 Å². The number of likely N-dealkylation sites (N-methyl/N-ethyl adjacent to an activating group) is 1. The van der Waals surface area contributed by atoms with Crippen LogP contribution in [0.2, 0.25) is 0 Å². The number of quaternary nitrogens is 1. The van der Waals surface area contributed by atoms with Crippen molar-refractivity contribution in [2.45, 2.75) is 258 Å². The number of unbranched alkanes of at least 4 members (excludes halogenated alkanes) is 32. The zero-order valence-electron chi connectivity index (χ0n) is 40.9. The van der Waals surface area contributed by atoms with Crippen LogP contribution in [0.25, 0.3) is 0 Å². The van der Waals surface area contributed by atoms with Crippen LogP contribution in [-0.4, -0.2) is 74.9 Å². The molecule has 9 nitrogen and oxygen atoms in total. The van der Waals surface area contributed by atoms with Crippen molar-refractivity contribution in [2.75, 3.05) is 47.5 Å². The molecule has 61 heavy (non-hydrogen) atoms. The normalized spacial score (nSPS) is 13.5. The van der Waals surface area contributed by atoms with Gasteiger partial charge in [0.05, 0.1) is 27.7 Å². The molecule has 0 fully saturated rings. The zero-order valence-corrected chi connectivity index (χ0v) is 41.8. The number of rotatable bonds is 48. The first kappa shape index (κ1) is 59.8. The molecular weight excluding hydrogens is 786 g/mol. The highest BCUT2D eigenvalue weighted by molar-refractivity contribution is 7.47. The van der Waals surface area contributed by atoms with Gasteiger partial charge in [-0.25, -0.2) is 4.57 Å². The maximum atomic E-state index is 12.7. The topological polar surface area (TPSA) is 108 Å². The van der Waals surface area contributed by atoms with E-state index in [9.17, 15) is 19.0 Å². The molecule has 1 N–H and O–H groups in total. The van der Waals surface area contributed by atoms with Gasteiger partial charge in [-0.1, -0.05) is 212 Å². The molecule has 0 spiro atoms. The second kappa shape index (κ2) is 44.0. The van der Waals surface area contributed by atoms with Crippen LogP contribution in [0, 0.1) is 0 Å². The SMILES string of the molecule is CCCCCCCCC/C=C\CCCCCCCCCC(=O)OC(COC(=O)CCCCCCCCCCCCCCCCCCCCC)COP(=O)(O)OCC[N+](C)(C)C. The summed E-state index contributed by atoms with van der Waals surface area (Å²) in [5, 5.41) is 0. The lowest BCUT2D eigenvalue weighted by atomic mass is 10.0. The molecule has 10 heteroatoms. The van der Waals surface area contributed by atoms with E-state index >= 15 is 0 Å². The van der Waals surface area contributed by atoms with Crippen molar-refractivity contribution in [3.63, 3.8) is 0 Å². The molecular formula is C51H101NO8P+. The predicted molar refractivity (Wildman–Crippen MR) is 257 cm³/mol. The maximum Gasteiger partial charge on any atom is 0.472 e. The van der Waals surface area contributed by atoms with Crippen molar-refractivity contribution in [1.29, 1.82) is 0 Å². The van der Waals surface area contributed by atoms with Crippen molar-refractivity contribution >= 4 is 19.8 Å². The fourth-order valence-electron chi connectivity index (χ4n) is 7.48. The highest BCUT2D eigenvalue weighted by Crippen LogP contribution is 2.43. The fraction of sp³-hybridized carbons (Fsp3) is 0.922. The number of carbonyl (C=O) groups excluding carboxylic acids is 2. The third-order valence-electron chi connectivity index (χ3n) is 11.5. The van der Waals surface area contributed by atoms with Gasteiger partial charge in [0, 0.05) is 12.8 Å². The van der Waals surface area contributed by atoms with Crippen molar-refractivity contribution in [3.05, 3.63) is 12.2 Å². The maximum absolute atomic E-state index is 12.7. The number of carbonyl (C=O) groups is 2. The number of phosphoric acid groups is 1. The minimum absolute atomic E-state index is 0.0343. The Bertz CT molecular complexity index is 1050. The Morgan fingerprint density at radius 2 is 0.836 bits per heavy atom. The average molecular weight is 887 g/mol. The van der Waals surface area contributed by atoms with Gasteiger partial charge in [-0.05, 0) is 38.5 Å². The fourth-order valence-corrected chi connectivity index (χ4v) is 8.22. The van der Waals surface area contributed by atoms with Crippen LogP contribution in [0.1, 0.15) is 251 Å². The molecule has 0 aromatic heterocycles. The summed E-state index contributed by atoms with van der Waals surface area (Å²) in [6.45, 7) is 4.47. The van der Waals surface area contributed by atoms with Crippen LogP contribution in [-0.2, 0) is 32.7 Å². The minimum Gasteiger partial charge on any atom is -0.462 e. The molecule has 0 heterocycles. The Morgan fingerprint density at radius 3 is 1.21 bits per heavy atom. The summed E-state index contributed by atoms with van der Waals surface area (Å²) in [5.74, 6) is -0.788. The Labute approximate surface area is 377 Å². The van der Waals surface area contributed by atoms with Gasteiger partial charge in [-0.15, -0.1) is 0 Å². The van der Waals surface area contributed by atoms with Crippen LogP contribution < -0.4 is 0 Å². The monoisotopic (exact) mass is 887 g/mol. The molecule has 0 aliphatic heterocycles. The Morgan fingerprint density at radius 1 is 0.492 bits per heavy atom. The highest BCUT2D eigenvalue weighted by atomic mass is 31.2. The van der Waals surface area contributed by atoms with Crippen LogP contribution >= 0.6 is 7.82 Å². The Balaban J connectivity index is 4.22. The standard InChI is InChI=1S/C51H100NO8P/c1-6-8-10-12-14-16-18-20-22-24-26-28-29-31-33-35-37-39-41-43-50(53)57-47-49(48-59-61(55,56)58-46-45-52(3,4)5)60-51(54)44-42-40-38-36-34-32-30-27-25-23-21-19-17-15-13-11-9-7-2/h23,25,49H,6-22,24,26-48H2,1-5H3/p+1/b25-23-. The minimum atomic E-state index is -4.38. The van der Waals surface area contributed by atoms with E-state index < -0.39 is 26.5 Å². The summed E-state index contributed by atoms with van der Waals surface area (Å²) in [4.78, 5) is 35.5. The first-order valence-electron chi connectivity index (χ1n) is 25.9. The molecule has 0 radical (unpaired) electrons. The number of esters is 2. The summed E-state index contributed by atoms with van der Waals surface area (Å²) < 4.78 is 34.5. The van der Waals surface area contributed by atoms with E-state index in [4.69, 9.17) is 18.5 Å². The van der Waals surface area contributed by atoms with Crippen molar-refractivity contribution in [3.8, 4) is 0 Å². The second-order valence-electron chi connectivity index (χ2n) is 18.9. The van der Waals surface area contributed by atoms with Gasteiger partial charge >= 0.3 is 19.8 Å². The Hall–Kier alpha value is -1.25. The summed E-state index contributed by atoms with van der Waals surface area (Å²) in [7, 11) is 1.49. The number of hydrogen-bond acceptors (Lipinski definition) is 7. The molecule has 0 saturated carbocycles. The average Bonchev–Trinajstić information content (AvgIpc) is 3.21. The van der Waals surface area contributed by atoms with E-state index in [1.807, 2.05) is 21.1 Å². The molecule has 0 saturated heterocycles. The summed E-state index contributed by atoms with van der Waals surface area (Å²) in [6.07, 6.45) is 48.3. The molecule has 0 aromatic carbocycles. The summed E-state index contributed by atoms with van der Waals surface area (Å²) >= 11 is 0. The van der Waals surface area contributed by atoms with Gasteiger partial charge in [0.1, 0.15) is 19.8 Å². The van der Waals surface area contributed by atoms with E-state index in [-0.39, 0.29) is 25.6 Å². The molecule has 362 valence electrons. The first-order chi connectivity index (χ1) is 29.5. The second-order valence-corrected chi connectivity index (χ2v) is 20.4. The van der Waals surface area contributed by atoms with Gasteiger partial charge in [0.2, 0.25) is 0 Å². The lowest BCUT2D eigenvalue weighted by Gasteiger charge is -2.24. The number of ether oxygens (including phenoxy) is 2. The number of phosphoric ester groups is 1. The van der Waals surface area contributed by atoms with E-state index in [0.29, 0.717) is 23.9 Å². The van der Waals surface area contributed by atoms with E-state index in [0.717, 1.165) is 44.9 Å². The smallest absolute Gasteiger partial charge is 0.462 e. The van der Waals surface area contributed by atoms with Gasteiger partial charge in [0.25, 0.3) is 0 Å². The van der Waals surface area contributed by atoms with E-state index in [1.54, 1.807) is 0 Å². The Kier molecular flexibility index (Phi) is 43.1. The molecule has 0 aliphatic carbocycles. The molecule has 0 rings (SSSR count). The van der Waals surface area contributed by atoms with Gasteiger partial charge in [-0.3, -0.25) is 18.6 Å². The summed E-state index contributed by atoms with van der Waals surface area (Å²) in [6, 6.07) is 0. The lowest BCUT2D eigenvalue weighted by Crippen LogP contribution is -2.37. The predicted octanol–water partition coefficient (Wildman–Crippen LogP) is 15.3. The molecule has 2 unspecified atom stereocenters. The number of allylic oxidation sites excluding steroid dienone is 2. The largest absolute Gasteiger partial charge is 0.472 e. The van der Waals surface area contributed by atoms with Crippen LogP contribution in [0.15, 0.2) is 12.2 Å². The quantitative estimate of drug-likeness (QED) is 0.0212. The lowest BCUT2D eigenvalue weighted by molar-refractivity contribution is -0.870. The van der Waals surface area contributed by atoms with E-state index in [1.165, 1.54) is 173 Å². The van der Waals surface area contributed by atoms with Crippen molar-refractivity contribution < 1.29 is 42.1 Å². The molecule has 0 amide bonds. The van der Waals surface area contributed by atoms with Gasteiger partial charge < -0.3 is 18.9 Å². The molecule has 2 atom stereocenters. The molecule has 0 aromatic rings. The van der Waals surface area contributed by atoms with Crippen molar-refractivity contribution in [2.24, 2.45) is 0 Å². The highest BCUT2D eigenvalue weighted by Gasteiger charge is 2.27. The molecule has 0 aliphatic rings. The van der Waals surface area contributed by atoms with Gasteiger partial charge in [0.15, 0.2) is 6.10 Å². The van der Waals surface area contributed by atoms with Crippen LogP contribution in [0.5, 0.6) is 0 Å². The van der Waals surface area contributed by atoms with Crippen molar-refractivity contribution in [1.82, 2.24) is 0 Å². The third kappa shape index (κ3) is 48.1. The third-order valence-corrected chi connectivity index (χ3v) is 12.5. The molecule has 0 bridgehead atoms. The zero-order chi connectivity index (χ0) is 45.0. The number of nitrogens with zero attached hydrogens (tertiary/aromatic N) is 1. The van der Waals surface area contributed by atoms with Crippen LogP contribution in [0.3, 0.4) is 0 Å². The number of hydrogen-bond donors (Lipinski definition) is 1. The summed E-state index contributed by atoms with van der Waals surface area (Å²) in [5.41, 5.74) is 0.